The molecule has 5 heteroatoms. The Morgan fingerprint density at radius 2 is 2.08 bits per heavy atom. The first-order chi connectivity index (χ1) is 6.11. The van der Waals surface area contributed by atoms with Crippen molar-refractivity contribution < 1.29 is 9.59 Å². The van der Waals surface area contributed by atoms with Crippen LogP contribution in [0.1, 0.15) is 13.8 Å². The molecule has 0 spiro atoms. The summed E-state index contributed by atoms with van der Waals surface area (Å²) in [5.41, 5.74) is 0. The van der Waals surface area contributed by atoms with Crippen molar-refractivity contribution in [3.05, 3.63) is 0 Å². The Hall–Kier alpha value is -0.160. The Bertz CT molecular complexity index is 220. The summed E-state index contributed by atoms with van der Waals surface area (Å²) in [5, 5.41) is 2.75. The summed E-state index contributed by atoms with van der Waals surface area (Å²) < 4.78 is 0. The molecule has 0 unspecified atom stereocenters. The average molecular weight is 219 g/mol. The summed E-state index contributed by atoms with van der Waals surface area (Å²) in [6, 6.07) is -0.298. The molecule has 0 aliphatic carbocycles. The van der Waals surface area contributed by atoms with Crippen LogP contribution in [0, 0.1) is 5.92 Å². The zero-order valence-electron chi connectivity index (χ0n) is 7.70. The molecule has 3 nitrogen and oxygen atoms in total. The van der Waals surface area contributed by atoms with Gasteiger partial charge >= 0.3 is 0 Å². The highest BCUT2D eigenvalue weighted by molar-refractivity contribution is 8.76. The molecule has 2 atom stereocenters. The molecule has 1 rings (SSSR count). The lowest BCUT2D eigenvalue weighted by Crippen LogP contribution is -2.45. The summed E-state index contributed by atoms with van der Waals surface area (Å²) in [5.74, 6) is 1.53. The van der Waals surface area contributed by atoms with Gasteiger partial charge in [-0.2, -0.15) is 0 Å². The number of carbonyl (C=O) groups excluding carboxylic acids is 2. The third-order valence-corrected chi connectivity index (χ3v) is 4.48. The molecule has 1 amide bonds. The number of rotatable bonds is 1. The molecule has 0 radical (unpaired) electrons. The van der Waals surface area contributed by atoms with Crippen molar-refractivity contribution in [3.8, 4) is 0 Å². The van der Waals surface area contributed by atoms with Crippen molar-refractivity contribution in [2.45, 2.75) is 19.9 Å². The van der Waals surface area contributed by atoms with Crippen LogP contribution in [0.15, 0.2) is 0 Å². The van der Waals surface area contributed by atoms with Crippen LogP contribution in [-0.2, 0) is 9.59 Å². The van der Waals surface area contributed by atoms with Crippen LogP contribution >= 0.6 is 21.6 Å². The van der Waals surface area contributed by atoms with Crippen molar-refractivity contribution in [2.24, 2.45) is 5.92 Å². The van der Waals surface area contributed by atoms with Crippen molar-refractivity contribution in [3.63, 3.8) is 0 Å². The highest BCUT2D eigenvalue weighted by Crippen LogP contribution is 2.26. The fourth-order valence-electron chi connectivity index (χ4n) is 0.917. The second kappa shape index (κ2) is 4.91. The maximum atomic E-state index is 11.4. The van der Waals surface area contributed by atoms with Gasteiger partial charge in [0, 0.05) is 17.4 Å². The van der Waals surface area contributed by atoms with Gasteiger partial charge in [-0.25, -0.2) is 0 Å². The molecule has 0 bridgehead atoms. The lowest BCUT2D eigenvalue weighted by atomic mass is 10.1. The van der Waals surface area contributed by atoms with Gasteiger partial charge < -0.3 is 5.32 Å². The normalized spacial score (nSPS) is 30.2. The Balaban J connectivity index is 2.58. The van der Waals surface area contributed by atoms with Crippen LogP contribution in [-0.4, -0.2) is 29.2 Å². The number of hydrogen-bond donors (Lipinski definition) is 1. The Morgan fingerprint density at radius 3 is 2.69 bits per heavy atom. The zero-order valence-corrected chi connectivity index (χ0v) is 9.33. The van der Waals surface area contributed by atoms with E-state index in [4.69, 9.17) is 0 Å². The first kappa shape index (κ1) is 10.9. The first-order valence-corrected chi connectivity index (χ1v) is 6.65. The van der Waals surface area contributed by atoms with Gasteiger partial charge in [0.15, 0.2) is 5.78 Å². The largest absolute Gasteiger partial charge is 0.345 e. The molecule has 1 fully saturated rings. The standard InChI is InChI=1S/C8H13NO2S2/c1-5-3-12-13-4-7(6(2)10)9-8(5)11/h5,7H,3-4H2,1-2H3,(H,9,11)/t5-,7+/m0/s1. The minimum Gasteiger partial charge on any atom is -0.345 e. The van der Waals surface area contributed by atoms with Gasteiger partial charge in [-0.3, -0.25) is 9.59 Å². The number of hydrogen-bond acceptors (Lipinski definition) is 4. The van der Waals surface area contributed by atoms with Gasteiger partial charge in [-0.15, -0.1) is 0 Å². The Morgan fingerprint density at radius 1 is 1.46 bits per heavy atom. The van der Waals surface area contributed by atoms with Crippen LogP contribution in [0.3, 0.4) is 0 Å². The minimum atomic E-state index is -0.298. The monoisotopic (exact) mass is 219 g/mol. The lowest BCUT2D eigenvalue weighted by Gasteiger charge is -2.21. The van der Waals surface area contributed by atoms with E-state index in [9.17, 15) is 9.59 Å². The quantitative estimate of drug-likeness (QED) is 0.671. The van der Waals surface area contributed by atoms with Crippen LogP contribution in [0.2, 0.25) is 0 Å². The molecule has 0 aromatic heterocycles. The van der Waals surface area contributed by atoms with Gasteiger partial charge in [-0.05, 0) is 6.92 Å². The van der Waals surface area contributed by atoms with E-state index < -0.39 is 0 Å². The predicted octanol–water partition coefficient (Wildman–Crippen LogP) is 1.09. The molecule has 1 saturated heterocycles. The molecule has 1 heterocycles. The molecule has 13 heavy (non-hydrogen) atoms. The van der Waals surface area contributed by atoms with Gasteiger partial charge in [0.2, 0.25) is 5.91 Å². The molecule has 1 aliphatic rings. The van der Waals surface area contributed by atoms with Gasteiger partial charge in [0.1, 0.15) is 0 Å². The first-order valence-electron chi connectivity index (χ1n) is 4.16. The second-order valence-corrected chi connectivity index (χ2v) is 5.69. The fraction of sp³-hybridized carbons (Fsp3) is 0.750. The van der Waals surface area contributed by atoms with Gasteiger partial charge in [-0.1, -0.05) is 28.5 Å². The van der Waals surface area contributed by atoms with E-state index in [-0.39, 0.29) is 23.7 Å². The van der Waals surface area contributed by atoms with Crippen molar-refractivity contribution in [2.75, 3.05) is 11.5 Å². The van der Waals surface area contributed by atoms with Crippen molar-refractivity contribution in [1.82, 2.24) is 5.32 Å². The van der Waals surface area contributed by atoms with E-state index in [0.717, 1.165) is 5.75 Å². The molecule has 1 N–H and O–H groups in total. The Labute approximate surface area is 85.8 Å². The summed E-state index contributed by atoms with van der Waals surface area (Å²) in [7, 11) is 3.32. The fourth-order valence-corrected chi connectivity index (χ4v) is 3.52. The molecular weight excluding hydrogens is 206 g/mol. The third-order valence-electron chi connectivity index (χ3n) is 1.89. The molecular formula is C8H13NO2S2. The van der Waals surface area contributed by atoms with E-state index in [2.05, 4.69) is 5.32 Å². The Kier molecular flexibility index (Phi) is 4.12. The number of Topliss-reactive ketones (excluding diaryl/α,β-unsaturated/α-hetero) is 1. The van der Waals surface area contributed by atoms with E-state index in [1.165, 1.54) is 6.92 Å². The van der Waals surface area contributed by atoms with Crippen LogP contribution in [0.4, 0.5) is 0 Å². The second-order valence-electron chi connectivity index (χ2n) is 3.14. The summed E-state index contributed by atoms with van der Waals surface area (Å²) >= 11 is 0. The van der Waals surface area contributed by atoms with Gasteiger partial charge in [0.25, 0.3) is 0 Å². The minimum absolute atomic E-state index is 0.000324. The summed E-state index contributed by atoms with van der Waals surface area (Å²) in [6.07, 6.45) is 0. The lowest BCUT2D eigenvalue weighted by molar-refractivity contribution is -0.128. The number of amides is 1. The number of ketones is 1. The van der Waals surface area contributed by atoms with Crippen LogP contribution < -0.4 is 5.32 Å². The smallest absolute Gasteiger partial charge is 0.224 e. The van der Waals surface area contributed by atoms with Crippen molar-refractivity contribution in [1.29, 1.82) is 0 Å². The third kappa shape index (κ3) is 3.23. The van der Waals surface area contributed by atoms with Gasteiger partial charge in [0.05, 0.1) is 6.04 Å². The molecule has 74 valence electrons. The highest BCUT2D eigenvalue weighted by atomic mass is 33.1. The molecule has 0 saturated carbocycles. The molecule has 0 aromatic rings. The maximum absolute atomic E-state index is 11.4. The predicted molar refractivity (Wildman–Crippen MR) is 56.7 cm³/mol. The molecule has 0 aromatic carbocycles. The maximum Gasteiger partial charge on any atom is 0.224 e. The summed E-state index contributed by atoms with van der Waals surface area (Å²) in [6.45, 7) is 3.40. The average Bonchev–Trinajstić information content (AvgIpc) is 2.06. The highest BCUT2D eigenvalue weighted by Gasteiger charge is 2.23. The van der Waals surface area contributed by atoms with E-state index in [1.54, 1.807) is 21.6 Å². The van der Waals surface area contributed by atoms with Crippen molar-refractivity contribution >= 4 is 33.3 Å². The number of nitrogens with one attached hydrogen (secondary N) is 1. The van der Waals surface area contributed by atoms with E-state index in [0.29, 0.717) is 5.75 Å². The van der Waals surface area contributed by atoms with Crippen LogP contribution in [0.25, 0.3) is 0 Å². The number of carbonyl (C=O) groups is 2. The van der Waals surface area contributed by atoms with E-state index in [1.807, 2.05) is 6.92 Å². The zero-order chi connectivity index (χ0) is 9.84. The SMILES string of the molecule is CC(=O)[C@H]1CSSC[C@H](C)C(=O)N1. The topological polar surface area (TPSA) is 46.2 Å². The summed E-state index contributed by atoms with van der Waals surface area (Å²) in [4.78, 5) is 22.5. The molecule has 1 aliphatic heterocycles. The van der Waals surface area contributed by atoms with Crippen LogP contribution in [0.5, 0.6) is 0 Å². The van der Waals surface area contributed by atoms with E-state index >= 15 is 0 Å².